The minimum absolute atomic E-state index is 0.121. The van der Waals surface area contributed by atoms with Crippen molar-refractivity contribution in [2.24, 2.45) is 0 Å². The van der Waals surface area contributed by atoms with Crippen molar-refractivity contribution < 1.29 is 14.3 Å². The van der Waals surface area contributed by atoms with Gasteiger partial charge in [-0.25, -0.2) is 0 Å². The number of nitrogens with zero attached hydrogens (tertiary/aromatic N) is 3. The number of anilines is 1. The Bertz CT molecular complexity index is 1000. The third-order valence-corrected chi connectivity index (χ3v) is 7.95. The van der Waals surface area contributed by atoms with Gasteiger partial charge in [-0.1, -0.05) is 68.4 Å². The summed E-state index contributed by atoms with van der Waals surface area (Å²) in [7, 11) is 1.96. The van der Waals surface area contributed by atoms with Crippen molar-refractivity contribution in [3.8, 4) is 0 Å². The van der Waals surface area contributed by atoms with Gasteiger partial charge in [0, 0.05) is 30.2 Å². The number of hydrogen-bond donors (Lipinski definition) is 0. The maximum absolute atomic E-state index is 13.3. The highest BCUT2D eigenvalue weighted by Crippen LogP contribution is 2.27. The second kappa shape index (κ2) is 16.7. The van der Waals surface area contributed by atoms with E-state index in [0.717, 1.165) is 58.8 Å². The van der Waals surface area contributed by atoms with Crippen molar-refractivity contribution in [1.29, 1.82) is 0 Å². The van der Waals surface area contributed by atoms with Gasteiger partial charge in [-0.05, 0) is 70.0 Å². The number of unbranched alkanes of at least 4 members (excludes halogenated alkanes) is 1. The number of benzene rings is 2. The van der Waals surface area contributed by atoms with Gasteiger partial charge >= 0.3 is 0 Å². The van der Waals surface area contributed by atoms with Gasteiger partial charge in [-0.2, -0.15) is 0 Å². The van der Waals surface area contributed by atoms with Crippen molar-refractivity contribution in [2.75, 3.05) is 64.4 Å². The van der Waals surface area contributed by atoms with Gasteiger partial charge in [0.25, 0.3) is 0 Å². The van der Waals surface area contributed by atoms with E-state index in [-0.39, 0.29) is 11.0 Å². The summed E-state index contributed by atoms with van der Waals surface area (Å²) >= 11 is 1.34. The quantitative estimate of drug-likeness (QED) is 0.202. The number of aryl methyl sites for hydroxylation is 4. The second-order valence-electron chi connectivity index (χ2n) is 10.1. The molecule has 2 rings (SSSR count). The Morgan fingerprint density at radius 2 is 1.39 bits per heavy atom. The average molecular weight is 542 g/mol. The minimum Gasteiger partial charge on any atom is -0.379 e. The largest absolute Gasteiger partial charge is 0.379 e. The monoisotopic (exact) mass is 541 g/mol. The molecule has 0 aliphatic rings. The van der Waals surface area contributed by atoms with Crippen molar-refractivity contribution in [3.63, 3.8) is 0 Å². The predicted octanol–water partition coefficient (Wildman–Crippen LogP) is 5.64. The molecule has 0 radical (unpaired) electrons. The number of carbonyl (C=O) groups is 2. The van der Waals surface area contributed by atoms with Crippen molar-refractivity contribution in [3.05, 3.63) is 58.7 Å². The standard InChI is InChI=1S/C31H47N3O3S/c1-8-10-17-34(30-24(3)13-11-14-25(30)4)28(35)22-32(7)18-20-37-21-19-33(9-2)23-29(36)38-31-26(5)15-12-16-27(31)6/h11-16H,8-10,17-23H2,1-7H3. The minimum atomic E-state index is 0.121. The molecule has 0 aliphatic carbocycles. The molecule has 0 fully saturated rings. The Balaban J connectivity index is 1.77. The normalized spacial score (nSPS) is 11.4. The number of para-hydroxylation sites is 1. The van der Waals surface area contributed by atoms with E-state index in [1.807, 2.05) is 55.0 Å². The van der Waals surface area contributed by atoms with Crippen LogP contribution in [-0.2, 0) is 14.3 Å². The lowest BCUT2D eigenvalue weighted by molar-refractivity contribution is -0.119. The first-order chi connectivity index (χ1) is 18.2. The topological polar surface area (TPSA) is 53.1 Å². The zero-order valence-electron chi connectivity index (χ0n) is 24.5. The first-order valence-corrected chi connectivity index (χ1v) is 14.6. The molecule has 0 heterocycles. The van der Waals surface area contributed by atoms with Crippen LogP contribution < -0.4 is 4.90 Å². The van der Waals surface area contributed by atoms with E-state index in [0.29, 0.717) is 39.4 Å². The molecule has 6 nitrogen and oxygen atoms in total. The molecule has 0 saturated carbocycles. The summed E-state index contributed by atoms with van der Waals surface area (Å²) in [5.74, 6) is 0.121. The van der Waals surface area contributed by atoms with Crippen LogP contribution in [0.5, 0.6) is 0 Å². The molecule has 0 aliphatic heterocycles. The summed E-state index contributed by atoms with van der Waals surface area (Å²) in [6.45, 7) is 17.2. The maximum Gasteiger partial charge on any atom is 0.241 e. The smallest absolute Gasteiger partial charge is 0.241 e. The van der Waals surface area contributed by atoms with Crippen LogP contribution in [0.3, 0.4) is 0 Å². The first-order valence-electron chi connectivity index (χ1n) is 13.8. The van der Waals surface area contributed by atoms with Crippen molar-refractivity contribution in [2.45, 2.75) is 59.3 Å². The second-order valence-corrected chi connectivity index (χ2v) is 11.1. The molecule has 7 heteroatoms. The molecule has 0 N–H and O–H groups in total. The van der Waals surface area contributed by atoms with Gasteiger partial charge in [0.2, 0.25) is 11.0 Å². The molecule has 0 unspecified atom stereocenters. The molecule has 0 atom stereocenters. The van der Waals surface area contributed by atoms with Gasteiger partial charge in [-0.15, -0.1) is 0 Å². The molecule has 0 spiro atoms. The Labute approximate surface area is 234 Å². The van der Waals surface area contributed by atoms with Crippen LogP contribution in [0, 0.1) is 27.7 Å². The summed E-state index contributed by atoms with van der Waals surface area (Å²) in [6.07, 6.45) is 2.02. The van der Waals surface area contributed by atoms with Crippen LogP contribution >= 0.6 is 11.8 Å². The molecule has 0 saturated heterocycles. The molecule has 2 aromatic carbocycles. The fraction of sp³-hybridized carbons (Fsp3) is 0.548. The van der Waals surface area contributed by atoms with Gasteiger partial charge in [-0.3, -0.25) is 19.4 Å². The number of likely N-dealkylation sites (N-methyl/N-ethyl adjacent to an activating group) is 2. The van der Waals surface area contributed by atoms with Gasteiger partial charge < -0.3 is 9.64 Å². The maximum atomic E-state index is 13.3. The van der Waals surface area contributed by atoms with Crippen LogP contribution in [0.4, 0.5) is 5.69 Å². The number of carbonyl (C=O) groups excluding carboxylic acids is 2. The number of thioether (sulfide) groups is 1. The Kier molecular flexibility index (Phi) is 14.1. The SMILES string of the molecule is CCCCN(C(=O)CN(C)CCOCCN(CC)CC(=O)Sc1c(C)cccc1C)c1c(C)cccc1C. The highest BCUT2D eigenvalue weighted by molar-refractivity contribution is 8.13. The predicted molar refractivity (Wildman–Crippen MR) is 160 cm³/mol. The Hall–Kier alpha value is -2.19. The zero-order chi connectivity index (χ0) is 28.1. The fourth-order valence-electron chi connectivity index (χ4n) is 4.46. The molecule has 1 amide bonds. The summed E-state index contributed by atoms with van der Waals surface area (Å²) in [4.78, 5) is 33.1. The lowest BCUT2D eigenvalue weighted by Crippen LogP contribution is -2.41. The Morgan fingerprint density at radius 3 is 1.97 bits per heavy atom. The number of hydrogen-bond acceptors (Lipinski definition) is 6. The summed E-state index contributed by atoms with van der Waals surface area (Å²) in [6, 6.07) is 12.3. The fourth-order valence-corrected chi connectivity index (χ4v) is 5.39. The molecule has 0 aromatic heterocycles. The van der Waals surface area contributed by atoms with Crippen molar-refractivity contribution in [1.82, 2.24) is 9.80 Å². The van der Waals surface area contributed by atoms with Gasteiger partial charge in [0.1, 0.15) is 0 Å². The zero-order valence-corrected chi connectivity index (χ0v) is 25.3. The first kappa shape index (κ1) is 32.0. The highest BCUT2D eigenvalue weighted by atomic mass is 32.2. The van der Waals surface area contributed by atoms with Gasteiger partial charge in [0.05, 0.1) is 26.3 Å². The van der Waals surface area contributed by atoms with Crippen LogP contribution in [0.1, 0.15) is 48.9 Å². The molecular weight excluding hydrogens is 494 g/mol. The van der Waals surface area contributed by atoms with E-state index < -0.39 is 0 Å². The van der Waals surface area contributed by atoms with Crippen LogP contribution in [-0.4, -0.2) is 80.4 Å². The summed E-state index contributed by atoms with van der Waals surface area (Å²) < 4.78 is 5.88. The Morgan fingerprint density at radius 1 is 0.816 bits per heavy atom. The third-order valence-electron chi connectivity index (χ3n) is 6.74. The lowest BCUT2D eigenvalue weighted by Gasteiger charge is -2.28. The molecule has 210 valence electrons. The van der Waals surface area contributed by atoms with E-state index in [2.05, 4.69) is 44.7 Å². The van der Waals surface area contributed by atoms with Crippen LogP contribution in [0.25, 0.3) is 0 Å². The molecule has 2 aromatic rings. The van der Waals surface area contributed by atoms with E-state index in [1.165, 1.54) is 11.8 Å². The highest BCUT2D eigenvalue weighted by Gasteiger charge is 2.20. The van der Waals surface area contributed by atoms with E-state index in [4.69, 9.17) is 4.74 Å². The van der Waals surface area contributed by atoms with Crippen LogP contribution in [0.15, 0.2) is 41.3 Å². The summed E-state index contributed by atoms with van der Waals surface area (Å²) in [5, 5.41) is 0.152. The number of rotatable bonds is 16. The molecule has 0 bridgehead atoms. The average Bonchev–Trinajstić information content (AvgIpc) is 2.87. The van der Waals surface area contributed by atoms with E-state index in [9.17, 15) is 9.59 Å². The lowest BCUT2D eigenvalue weighted by atomic mass is 10.1. The third kappa shape index (κ3) is 10.2. The number of ether oxygens (including phenoxy) is 1. The van der Waals surface area contributed by atoms with E-state index >= 15 is 0 Å². The summed E-state index contributed by atoms with van der Waals surface area (Å²) in [5.41, 5.74) is 5.58. The van der Waals surface area contributed by atoms with Crippen LogP contribution in [0.2, 0.25) is 0 Å². The van der Waals surface area contributed by atoms with Gasteiger partial charge in [0.15, 0.2) is 0 Å². The van der Waals surface area contributed by atoms with E-state index in [1.54, 1.807) is 0 Å². The molecule has 38 heavy (non-hydrogen) atoms. The molecular formula is C31H47N3O3S. The van der Waals surface area contributed by atoms with Crippen molar-refractivity contribution >= 4 is 28.5 Å². The number of amides is 1.